The third kappa shape index (κ3) is 25.9. The Morgan fingerprint density at radius 3 is 1.82 bits per heavy atom. The van der Waals surface area contributed by atoms with Gasteiger partial charge in [0.05, 0.1) is 44.1 Å². The monoisotopic (exact) mass is 2070 g/mol. The van der Waals surface area contributed by atoms with Crippen LogP contribution in [0.2, 0.25) is 0 Å². The number of hydrazone groups is 1. The molecule has 144 heavy (non-hydrogen) atoms. The third-order valence-electron chi connectivity index (χ3n) is 30.1. The van der Waals surface area contributed by atoms with E-state index in [1.54, 1.807) is 6.92 Å². The first-order valence-electron chi connectivity index (χ1n) is 48.0. The van der Waals surface area contributed by atoms with E-state index in [1.165, 1.54) is 20.1 Å². The van der Waals surface area contributed by atoms with Crippen LogP contribution in [0.15, 0.2) is 75.0 Å². The number of aliphatic carboxylic acids is 1. The van der Waals surface area contributed by atoms with Crippen molar-refractivity contribution in [3.8, 4) is 0 Å². The normalized spacial score (nSPS) is 36.3. The van der Waals surface area contributed by atoms with Crippen LogP contribution in [0.3, 0.4) is 0 Å². The van der Waals surface area contributed by atoms with Crippen molar-refractivity contribution in [2.45, 2.75) is 389 Å². The molecule has 51 nitrogen and oxygen atoms in total. The maximum absolute atomic E-state index is 16.2. The smallest absolute Gasteiger partial charge is 0.318 e. The molecule has 5 aliphatic carbocycles. The number of carboxylic acids is 1. The summed E-state index contributed by atoms with van der Waals surface area (Å²) in [7, 11) is 0. The van der Waals surface area contributed by atoms with Crippen molar-refractivity contribution in [3.05, 3.63) is 69.9 Å². The van der Waals surface area contributed by atoms with Gasteiger partial charge in [0, 0.05) is 56.7 Å². The second kappa shape index (κ2) is 49.8. The van der Waals surface area contributed by atoms with Crippen LogP contribution in [-0.2, 0) is 90.3 Å². The van der Waals surface area contributed by atoms with Crippen LogP contribution in [0.25, 0.3) is 0 Å². The number of aliphatic hydroxyl groups is 28. The largest absolute Gasteiger partial charge is 0.506 e. The van der Waals surface area contributed by atoms with Gasteiger partial charge in [-0.05, 0) is 144 Å². The molecular weight excluding hydrogens is 1930 g/mol. The van der Waals surface area contributed by atoms with Gasteiger partial charge in [-0.25, -0.2) is 5.43 Å². The number of esters is 2. The Labute approximate surface area is 828 Å². The molecule has 0 aromatic carbocycles. The summed E-state index contributed by atoms with van der Waals surface area (Å²) in [5, 5.41) is 329. The second-order valence-corrected chi connectivity index (χ2v) is 40.3. The van der Waals surface area contributed by atoms with Crippen LogP contribution < -0.4 is 5.43 Å². The zero-order chi connectivity index (χ0) is 108. The summed E-state index contributed by atoms with van der Waals surface area (Å²) in [5.41, 5.74) is -4.14. The maximum atomic E-state index is 16.2. The molecule has 3 amide bonds. The second-order valence-electron chi connectivity index (χ2n) is 40.3. The third-order valence-corrected chi connectivity index (χ3v) is 30.1. The Kier molecular flexibility index (Phi) is 41.5. The molecule has 30 N–H and O–H groups in total. The van der Waals surface area contributed by atoms with Gasteiger partial charge in [0.1, 0.15) is 121 Å². The van der Waals surface area contributed by atoms with Gasteiger partial charge in [0.2, 0.25) is 48.9 Å². The molecule has 0 aromatic heterocycles. The molecule has 4 saturated carbocycles. The summed E-state index contributed by atoms with van der Waals surface area (Å²) >= 11 is 0. The van der Waals surface area contributed by atoms with E-state index in [2.05, 4.69) is 10.5 Å². The Bertz CT molecular complexity index is 4550. The van der Waals surface area contributed by atoms with Crippen LogP contribution in [0.5, 0.6) is 0 Å². The Hall–Kier alpha value is -7.71. The Morgan fingerprint density at radius 2 is 1.22 bits per heavy atom. The molecule has 0 aromatic rings. The van der Waals surface area contributed by atoms with Gasteiger partial charge in [-0.2, -0.15) is 5.10 Å². The van der Waals surface area contributed by atoms with E-state index in [-0.39, 0.29) is 83.6 Å². The van der Waals surface area contributed by atoms with Gasteiger partial charge in [-0.1, -0.05) is 73.5 Å². The van der Waals surface area contributed by atoms with E-state index in [0.717, 1.165) is 44.7 Å². The zero-order valence-electron chi connectivity index (χ0n) is 82.0. The number of hydrogen-bond donors (Lipinski definition) is 30. The zero-order valence-corrected chi connectivity index (χ0v) is 82.0. The number of carbonyl (C=O) groups excluding carboxylic acids is 5. The standard InChI is InChI=1S/C93H147N3O48/c1-13-47(135-80(127)71(124)75(48(14-2)134-41(6)101)139-78(125)65(118)58(111)38(3)99)62(115)76(143-85-69(122)64(117)73(40(5)133-85)138-81(128)70(123)72(39(4)100)141-86-68(121)63(116)61(114)49(35-98)136-86)82(129)144-87(131)93-29-28-88(7,8)33-43(93)42-19-20-51-89(9)26-24-53(90(10,50(89)23-27-91(51,11)92(42,12)34-52(93)105)37-94-95-54(106)18-16-15-17-30-96-55(107)21-22-56(96)108)137-83(130)77(140-79(126)66(119)59(112)44(102)25-31-97)74(45(103)32-57(109)110)142-84-67(120)60(113)46(104)36-132-84/h19,21-22,37-40,43-53,58,60-61,63-65,67-69,71,73,75,78-86,97-100,102-105,111-130H,13-18,20,23-36H2,1-12H3,(H,95,106)(H,109,110)/b66-59-,72-70-,76-62+,77-74-,94-37+/t38?,39?,40?,43?,44?,45?,46?,47?,48?,49?,50?,51?,52-,53+,58?,60?,61?,63?,64?,65?,67?,68?,69?,71?,73?,75?,78?,79?,80?,81?,82?,83?,84?,85?,86?,89+,90+,91-,92-,93-/m1/s1. The number of carbonyl (C=O) groups is 6. The minimum atomic E-state index is -2.97. The molecule has 40 atom stereocenters. The summed E-state index contributed by atoms with van der Waals surface area (Å²) in [6.07, 6.45) is -65.7. The minimum Gasteiger partial charge on any atom is -0.506 e. The molecule has 0 spiro atoms. The number of rotatable bonds is 48. The summed E-state index contributed by atoms with van der Waals surface area (Å²) in [6.45, 7) is 15.8. The van der Waals surface area contributed by atoms with Gasteiger partial charge in [0.15, 0.2) is 47.1 Å². The van der Waals surface area contributed by atoms with E-state index < -0.39 is 368 Å². The number of nitrogens with zero attached hydrogens (tertiary/aromatic N) is 2. The molecule has 4 aliphatic heterocycles. The number of imide groups is 1. The number of carboxylic acid groups (broad SMARTS) is 1. The van der Waals surface area contributed by atoms with Crippen LogP contribution >= 0.6 is 0 Å². The highest BCUT2D eigenvalue weighted by Gasteiger charge is 2.73. The average molecular weight is 2080 g/mol. The lowest BCUT2D eigenvalue weighted by Gasteiger charge is -2.71. The van der Waals surface area contributed by atoms with Gasteiger partial charge in [-0.3, -0.25) is 33.7 Å². The number of fused-ring (bicyclic) bond motifs is 7. The van der Waals surface area contributed by atoms with Crippen molar-refractivity contribution in [2.24, 2.45) is 55.3 Å². The van der Waals surface area contributed by atoms with E-state index >= 15 is 4.79 Å². The van der Waals surface area contributed by atoms with Crippen molar-refractivity contribution >= 4 is 41.8 Å². The first-order valence-corrected chi connectivity index (χ1v) is 48.0. The highest BCUT2D eigenvalue weighted by molar-refractivity contribution is 6.12. The van der Waals surface area contributed by atoms with Crippen molar-refractivity contribution < 1.29 is 238 Å². The summed E-state index contributed by atoms with van der Waals surface area (Å²) < 4.78 is 74.6. The van der Waals surface area contributed by atoms with Gasteiger partial charge in [0.25, 0.3) is 24.4 Å². The predicted octanol–water partition coefficient (Wildman–Crippen LogP) is -4.65. The van der Waals surface area contributed by atoms with E-state index in [9.17, 15) is 172 Å². The highest BCUT2D eigenvalue weighted by atomic mass is 16.8. The number of allylic oxidation sites excluding steroid dienone is 2. The van der Waals surface area contributed by atoms with Crippen molar-refractivity contribution in [1.29, 1.82) is 0 Å². The summed E-state index contributed by atoms with van der Waals surface area (Å²) in [4.78, 5) is 80.6. The Balaban J connectivity index is 1.09. The fourth-order valence-electron chi connectivity index (χ4n) is 21.8. The molecule has 4 heterocycles. The fraction of sp³-hybridized carbons (Fsp3) is 0.796. The predicted molar refractivity (Wildman–Crippen MR) is 482 cm³/mol. The number of unbranched alkanes of at least 4 members (excludes halogenated alkanes) is 2. The maximum Gasteiger partial charge on any atom is 0.318 e. The molecule has 0 radical (unpaired) electrons. The molecule has 7 fully saturated rings. The van der Waals surface area contributed by atoms with E-state index in [0.29, 0.717) is 18.4 Å². The van der Waals surface area contributed by atoms with Gasteiger partial charge >= 0.3 is 17.9 Å². The number of ether oxygens (including phenoxy) is 13. The van der Waals surface area contributed by atoms with Crippen molar-refractivity contribution in [3.63, 3.8) is 0 Å². The first-order chi connectivity index (χ1) is 67.2. The topological polar surface area (TPSA) is 837 Å². The Morgan fingerprint density at radius 1 is 0.597 bits per heavy atom. The molecule has 9 rings (SSSR count). The quantitative estimate of drug-likeness (QED) is 0.00398. The summed E-state index contributed by atoms with van der Waals surface area (Å²) in [6, 6.07) is 0. The molecule has 33 unspecified atom stereocenters. The lowest BCUT2D eigenvalue weighted by Crippen LogP contribution is -2.68. The minimum absolute atomic E-state index is 0.0736. The highest BCUT2D eigenvalue weighted by Crippen LogP contribution is 2.76. The number of nitrogens with one attached hydrogen (secondary N) is 1. The number of hydrogen-bond acceptors (Lipinski definition) is 48. The number of amides is 3. The van der Waals surface area contributed by atoms with Gasteiger partial charge in [-0.15, -0.1) is 0 Å². The lowest BCUT2D eigenvalue weighted by molar-refractivity contribution is -0.314. The lowest BCUT2D eigenvalue weighted by atomic mass is 9.33. The average Bonchev–Trinajstić information content (AvgIpc) is 0.675. The van der Waals surface area contributed by atoms with Crippen LogP contribution in [0, 0.1) is 50.2 Å². The first kappa shape index (κ1) is 120. The SMILES string of the molecule is CCC(OC(O)C(O)C(OC(O)C(O)C(O)C(C)O)C(CC)OC(C)=O)/C(O)=C(\OC1OC(C)C(OC(O)/C(O)=C(/OC2OC(CO)C(O)C(O)C2O)C(C)O)C(O)C1O)C(O)OC(=O)[C@]12CCC(C)(C)CC1C1=CCC3[C@@]4(C)CC[C@H](OC(O)/C(OC(O)/C(O)=C(/O)C(O)CCO)=C(/OC5OCC(O)C(O)C5O)C(O)CC(=O)O)[C@@](C)(/C=N/NC(=O)CCCCCN5C(=O)C=CC5=O)C4CC[C@@]3(C)[C@]1(C)C[C@H]2O. The van der Waals surface area contributed by atoms with Crippen LogP contribution in [0.1, 0.15) is 192 Å². The number of aliphatic hydroxyl groups excluding tert-OH is 28. The fourth-order valence-corrected chi connectivity index (χ4v) is 21.8. The van der Waals surface area contributed by atoms with Crippen LogP contribution in [0.4, 0.5) is 0 Å². The molecular formula is C93H147N3O48. The van der Waals surface area contributed by atoms with Crippen molar-refractivity contribution in [1.82, 2.24) is 10.3 Å². The van der Waals surface area contributed by atoms with E-state index in [4.69, 9.17) is 61.6 Å². The molecule has 3 saturated heterocycles. The molecule has 9 aliphatic rings. The summed E-state index contributed by atoms with van der Waals surface area (Å²) in [5.74, 6) is -18.5. The molecule has 51 heteroatoms. The van der Waals surface area contributed by atoms with Gasteiger partial charge < -0.3 is 210 Å². The molecule has 822 valence electrons. The van der Waals surface area contributed by atoms with E-state index in [1.807, 2.05) is 40.7 Å². The molecule has 0 bridgehead atoms. The van der Waals surface area contributed by atoms with Crippen molar-refractivity contribution in [2.75, 3.05) is 26.4 Å². The van der Waals surface area contributed by atoms with Crippen LogP contribution in [-0.4, -0.2) is 418 Å².